The highest BCUT2D eigenvalue weighted by atomic mass is 32.1. The van der Waals surface area contributed by atoms with Gasteiger partial charge >= 0.3 is 0 Å². The van der Waals surface area contributed by atoms with E-state index < -0.39 is 0 Å². The zero-order valence-electron chi connectivity index (χ0n) is 9.62. The Labute approximate surface area is 105 Å². The summed E-state index contributed by atoms with van der Waals surface area (Å²) < 4.78 is 2.14. The Kier molecular flexibility index (Phi) is 2.99. The van der Waals surface area contributed by atoms with E-state index in [0.717, 1.165) is 18.5 Å². The molecule has 1 saturated carbocycles. The minimum absolute atomic E-state index is 0.389. The van der Waals surface area contributed by atoms with Crippen molar-refractivity contribution < 1.29 is 5.11 Å². The fourth-order valence-electron chi connectivity index (χ4n) is 2.11. The second-order valence-electron chi connectivity index (χ2n) is 4.59. The minimum Gasteiger partial charge on any atom is -0.387 e. The molecule has 1 aliphatic rings. The quantitative estimate of drug-likeness (QED) is 0.883. The zero-order chi connectivity index (χ0) is 11.7. The number of aromatic nitrogens is 2. The van der Waals surface area contributed by atoms with Gasteiger partial charge in [0, 0.05) is 10.9 Å². The van der Waals surface area contributed by atoms with Crippen LogP contribution in [0.3, 0.4) is 0 Å². The van der Waals surface area contributed by atoms with Gasteiger partial charge in [-0.05, 0) is 37.1 Å². The molecule has 3 rings (SSSR count). The number of hydrogen-bond donors (Lipinski definition) is 1. The number of nitrogens with zero attached hydrogens (tertiary/aromatic N) is 2. The molecule has 0 aromatic carbocycles. The van der Waals surface area contributed by atoms with Gasteiger partial charge in [0.05, 0.1) is 24.3 Å². The van der Waals surface area contributed by atoms with Crippen molar-refractivity contribution in [3.63, 3.8) is 0 Å². The largest absolute Gasteiger partial charge is 0.387 e. The first-order valence-electron chi connectivity index (χ1n) is 6.07. The second kappa shape index (κ2) is 4.63. The lowest BCUT2D eigenvalue weighted by molar-refractivity contribution is 0.158. The summed E-state index contributed by atoms with van der Waals surface area (Å²) in [6.45, 7) is 0. The summed E-state index contributed by atoms with van der Waals surface area (Å²) in [6.07, 6.45) is 7.43. The van der Waals surface area contributed by atoms with E-state index in [-0.39, 0.29) is 6.10 Å². The summed E-state index contributed by atoms with van der Waals surface area (Å²) in [5, 5.41) is 12.3. The lowest BCUT2D eigenvalue weighted by atomic mass is 10.1. The van der Waals surface area contributed by atoms with Gasteiger partial charge in [0.15, 0.2) is 0 Å². The van der Waals surface area contributed by atoms with E-state index in [2.05, 4.69) is 27.1 Å². The van der Waals surface area contributed by atoms with Gasteiger partial charge in [0.1, 0.15) is 0 Å². The smallest absolute Gasteiger partial charge is 0.0959 e. The van der Waals surface area contributed by atoms with Crippen LogP contribution in [-0.4, -0.2) is 14.7 Å². The molecule has 1 fully saturated rings. The van der Waals surface area contributed by atoms with Crippen molar-refractivity contribution in [3.05, 3.63) is 40.6 Å². The van der Waals surface area contributed by atoms with Crippen LogP contribution < -0.4 is 0 Å². The minimum atomic E-state index is -0.389. The summed E-state index contributed by atoms with van der Waals surface area (Å²) in [6, 6.07) is 4.76. The molecular weight excluding hydrogens is 232 g/mol. The summed E-state index contributed by atoms with van der Waals surface area (Å²) >= 11 is 1.75. The maximum absolute atomic E-state index is 10.2. The zero-order valence-corrected chi connectivity index (χ0v) is 10.4. The normalized spacial score (nSPS) is 17.2. The molecule has 17 heavy (non-hydrogen) atoms. The van der Waals surface area contributed by atoms with E-state index >= 15 is 0 Å². The third-order valence-corrected chi connectivity index (χ3v) is 4.16. The Bertz CT molecular complexity index is 473. The molecule has 0 aliphatic heterocycles. The van der Waals surface area contributed by atoms with Crippen LogP contribution in [0, 0.1) is 0 Å². The predicted molar refractivity (Wildman–Crippen MR) is 68.1 cm³/mol. The van der Waals surface area contributed by atoms with Crippen LogP contribution >= 0.6 is 11.3 Å². The highest BCUT2D eigenvalue weighted by molar-refractivity contribution is 7.09. The Hall–Kier alpha value is -1.13. The first-order chi connectivity index (χ1) is 8.34. The van der Waals surface area contributed by atoms with Crippen LogP contribution in [0.15, 0.2) is 30.0 Å². The SMILES string of the molecule is OC(CCc1cccs1)c1cncn1C1CC1. The Morgan fingerprint density at radius 3 is 3.12 bits per heavy atom. The summed E-state index contributed by atoms with van der Waals surface area (Å²) in [4.78, 5) is 5.49. The molecule has 0 spiro atoms. The predicted octanol–water partition coefficient (Wildman–Crippen LogP) is 2.95. The van der Waals surface area contributed by atoms with E-state index in [1.807, 2.05) is 6.33 Å². The van der Waals surface area contributed by atoms with Crippen molar-refractivity contribution in [3.8, 4) is 0 Å². The van der Waals surface area contributed by atoms with Crippen molar-refractivity contribution >= 4 is 11.3 Å². The van der Waals surface area contributed by atoms with Gasteiger partial charge in [-0.15, -0.1) is 11.3 Å². The molecule has 4 heteroatoms. The molecule has 0 radical (unpaired) electrons. The molecule has 0 bridgehead atoms. The average Bonchev–Trinajstić information content (AvgIpc) is 2.88. The fourth-order valence-corrected chi connectivity index (χ4v) is 2.84. The maximum atomic E-state index is 10.2. The number of rotatable bonds is 5. The van der Waals surface area contributed by atoms with E-state index in [0.29, 0.717) is 6.04 Å². The van der Waals surface area contributed by atoms with Gasteiger partial charge in [-0.1, -0.05) is 6.07 Å². The summed E-state index contributed by atoms with van der Waals surface area (Å²) in [7, 11) is 0. The fraction of sp³-hybridized carbons (Fsp3) is 0.462. The number of aliphatic hydroxyl groups is 1. The molecule has 0 amide bonds. The van der Waals surface area contributed by atoms with Gasteiger partial charge < -0.3 is 9.67 Å². The van der Waals surface area contributed by atoms with Crippen LogP contribution in [0.25, 0.3) is 0 Å². The van der Waals surface area contributed by atoms with Crippen LogP contribution in [0.4, 0.5) is 0 Å². The molecule has 1 aliphatic carbocycles. The highest BCUT2D eigenvalue weighted by Crippen LogP contribution is 2.37. The standard InChI is InChI=1S/C13H16N2OS/c16-13(6-5-11-2-1-7-17-11)12-8-14-9-15(12)10-3-4-10/h1-2,7-10,13,16H,3-6H2. The molecule has 2 aromatic rings. The van der Waals surface area contributed by atoms with E-state index in [4.69, 9.17) is 0 Å². The average molecular weight is 248 g/mol. The third kappa shape index (κ3) is 2.42. The van der Waals surface area contributed by atoms with Crippen molar-refractivity contribution in [1.29, 1.82) is 0 Å². The van der Waals surface area contributed by atoms with Gasteiger partial charge in [-0.2, -0.15) is 0 Å². The van der Waals surface area contributed by atoms with Crippen molar-refractivity contribution in [2.45, 2.75) is 37.8 Å². The molecular formula is C13H16N2OS. The molecule has 0 saturated heterocycles. The third-order valence-electron chi connectivity index (χ3n) is 3.22. The molecule has 90 valence electrons. The maximum Gasteiger partial charge on any atom is 0.0959 e. The lowest BCUT2D eigenvalue weighted by Gasteiger charge is -2.12. The number of aliphatic hydroxyl groups excluding tert-OH is 1. The molecule has 1 unspecified atom stereocenters. The first-order valence-corrected chi connectivity index (χ1v) is 6.95. The van der Waals surface area contributed by atoms with Gasteiger partial charge in [0.25, 0.3) is 0 Å². The Morgan fingerprint density at radius 2 is 2.41 bits per heavy atom. The van der Waals surface area contributed by atoms with E-state index in [1.165, 1.54) is 17.7 Å². The first kappa shape index (κ1) is 11.0. The number of thiophene rings is 1. The molecule has 2 heterocycles. The topological polar surface area (TPSA) is 38.1 Å². The van der Waals surface area contributed by atoms with Gasteiger partial charge in [0.2, 0.25) is 0 Å². The monoisotopic (exact) mass is 248 g/mol. The molecule has 1 N–H and O–H groups in total. The summed E-state index contributed by atoms with van der Waals surface area (Å²) in [5.74, 6) is 0. The van der Waals surface area contributed by atoms with E-state index in [1.54, 1.807) is 17.5 Å². The van der Waals surface area contributed by atoms with Crippen LogP contribution in [0.2, 0.25) is 0 Å². The number of hydrogen-bond acceptors (Lipinski definition) is 3. The number of imidazole rings is 1. The molecule has 2 aromatic heterocycles. The van der Waals surface area contributed by atoms with Crippen molar-refractivity contribution in [2.75, 3.05) is 0 Å². The van der Waals surface area contributed by atoms with Crippen molar-refractivity contribution in [1.82, 2.24) is 9.55 Å². The second-order valence-corrected chi connectivity index (χ2v) is 5.62. The Morgan fingerprint density at radius 1 is 1.53 bits per heavy atom. The number of aryl methyl sites for hydroxylation is 1. The van der Waals surface area contributed by atoms with Crippen LogP contribution in [0.5, 0.6) is 0 Å². The highest BCUT2D eigenvalue weighted by Gasteiger charge is 2.27. The van der Waals surface area contributed by atoms with Crippen molar-refractivity contribution in [2.24, 2.45) is 0 Å². The van der Waals surface area contributed by atoms with Gasteiger partial charge in [-0.3, -0.25) is 0 Å². The molecule has 1 atom stereocenters. The Balaban J connectivity index is 1.64. The van der Waals surface area contributed by atoms with E-state index in [9.17, 15) is 5.11 Å². The van der Waals surface area contributed by atoms with Crippen LogP contribution in [-0.2, 0) is 6.42 Å². The lowest BCUT2D eigenvalue weighted by Crippen LogP contribution is -2.06. The van der Waals surface area contributed by atoms with Gasteiger partial charge in [-0.25, -0.2) is 4.98 Å². The molecule has 3 nitrogen and oxygen atoms in total. The summed E-state index contributed by atoms with van der Waals surface area (Å²) in [5.41, 5.74) is 0.976. The van der Waals surface area contributed by atoms with Crippen LogP contribution in [0.1, 0.15) is 42.0 Å².